The number of nitrogens with zero attached hydrogens (tertiary/aromatic N) is 5. The number of hydrogen-bond acceptors (Lipinski definition) is 6. The van der Waals surface area contributed by atoms with E-state index in [1.54, 1.807) is 23.3 Å². The van der Waals surface area contributed by atoms with Gasteiger partial charge < -0.3 is 9.73 Å². The molecule has 3 aromatic rings. The molecule has 28 heavy (non-hydrogen) atoms. The Morgan fingerprint density at radius 3 is 2.89 bits per heavy atom. The lowest BCUT2D eigenvalue weighted by atomic mass is 10.1. The van der Waals surface area contributed by atoms with Gasteiger partial charge in [-0.05, 0) is 51.1 Å². The van der Waals surface area contributed by atoms with Gasteiger partial charge in [0, 0.05) is 18.3 Å². The second-order valence-corrected chi connectivity index (χ2v) is 6.98. The van der Waals surface area contributed by atoms with Gasteiger partial charge in [-0.1, -0.05) is 12.5 Å². The largest absolute Gasteiger partial charge is 0.454 e. The Morgan fingerprint density at radius 2 is 2.11 bits per heavy atom. The molecular weight excluding hydrogens is 356 g/mol. The number of aromatic nitrogens is 4. The number of hydrogen-bond donors (Lipinski definition) is 1. The third-order valence-corrected chi connectivity index (χ3v) is 5.14. The van der Waals surface area contributed by atoms with E-state index in [2.05, 4.69) is 32.2 Å². The zero-order valence-corrected chi connectivity index (χ0v) is 15.9. The van der Waals surface area contributed by atoms with Gasteiger partial charge in [-0.25, -0.2) is 14.6 Å². The summed E-state index contributed by atoms with van der Waals surface area (Å²) in [7, 11) is 0. The van der Waals surface area contributed by atoms with Crippen LogP contribution in [0.2, 0.25) is 0 Å². The number of piperidine rings is 1. The van der Waals surface area contributed by atoms with E-state index in [1.165, 1.54) is 25.6 Å². The van der Waals surface area contributed by atoms with Crippen molar-refractivity contribution in [1.29, 1.82) is 0 Å². The monoisotopic (exact) mass is 380 g/mol. The molecule has 1 fully saturated rings. The first kappa shape index (κ1) is 18.4. The van der Waals surface area contributed by atoms with E-state index < -0.39 is 0 Å². The van der Waals surface area contributed by atoms with Crippen LogP contribution in [0.25, 0.3) is 5.82 Å². The number of furan rings is 1. The number of rotatable bonds is 6. The number of carbonyl (C=O) groups is 1. The Kier molecular flexibility index (Phi) is 5.48. The van der Waals surface area contributed by atoms with Gasteiger partial charge in [0.1, 0.15) is 18.4 Å². The molecule has 0 aliphatic carbocycles. The molecule has 8 heteroatoms. The third kappa shape index (κ3) is 3.96. The van der Waals surface area contributed by atoms with Gasteiger partial charge >= 0.3 is 0 Å². The van der Waals surface area contributed by atoms with Crippen molar-refractivity contribution >= 4 is 5.91 Å². The van der Waals surface area contributed by atoms with Crippen LogP contribution in [0.5, 0.6) is 0 Å². The summed E-state index contributed by atoms with van der Waals surface area (Å²) in [5.74, 6) is 1.55. The maximum absolute atomic E-state index is 12.6. The van der Waals surface area contributed by atoms with Gasteiger partial charge in [0.2, 0.25) is 0 Å². The summed E-state index contributed by atoms with van der Waals surface area (Å²) < 4.78 is 7.43. The van der Waals surface area contributed by atoms with Crippen LogP contribution in [-0.4, -0.2) is 43.6 Å². The molecule has 146 valence electrons. The first-order valence-corrected chi connectivity index (χ1v) is 9.63. The molecule has 4 heterocycles. The highest BCUT2D eigenvalue weighted by molar-refractivity contribution is 5.91. The molecule has 0 radical (unpaired) electrons. The maximum atomic E-state index is 12.6. The molecule has 0 saturated carbocycles. The number of carbonyl (C=O) groups excluding carboxylic acids is 1. The highest BCUT2D eigenvalue weighted by Crippen LogP contribution is 2.25. The first-order chi connectivity index (χ1) is 13.7. The SMILES string of the molecule is CC(c1ccc(C(=O)NCc2cccnc2-n2cncn2)o1)N1CCCCC1. The van der Waals surface area contributed by atoms with Crippen LogP contribution >= 0.6 is 0 Å². The van der Waals surface area contributed by atoms with Crippen LogP contribution in [0.3, 0.4) is 0 Å². The Morgan fingerprint density at radius 1 is 1.25 bits per heavy atom. The zero-order chi connectivity index (χ0) is 19.3. The lowest BCUT2D eigenvalue weighted by Gasteiger charge is -2.31. The van der Waals surface area contributed by atoms with Gasteiger partial charge in [0.05, 0.1) is 6.04 Å². The van der Waals surface area contributed by atoms with Gasteiger partial charge in [-0.15, -0.1) is 0 Å². The minimum atomic E-state index is -0.245. The number of likely N-dealkylation sites (tertiary alicyclic amines) is 1. The summed E-state index contributed by atoms with van der Waals surface area (Å²) in [4.78, 5) is 23.2. The molecule has 0 bridgehead atoms. The topological polar surface area (TPSA) is 89.1 Å². The van der Waals surface area contributed by atoms with Crippen molar-refractivity contribution < 1.29 is 9.21 Å². The van der Waals surface area contributed by atoms with Crippen LogP contribution < -0.4 is 5.32 Å². The van der Waals surface area contributed by atoms with E-state index in [-0.39, 0.29) is 11.9 Å². The number of amides is 1. The van der Waals surface area contributed by atoms with Gasteiger partial charge in [-0.2, -0.15) is 5.10 Å². The number of pyridine rings is 1. The second kappa shape index (κ2) is 8.35. The Labute approximate surface area is 163 Å². The van der Waals surface area contributed by atoms with Gasteiger partial charge in [0.25, 0.3) is 5.91 Å². The molecule has 0 aromatic carbocycles. The Hall–Kier alpha value is -3.00. The summed E-state index contributed by atoms with van der Waals surface area (Å²) in [6, 6.07) is 7.55. The molecule has 1 atom stereocenters. The van der Waals surface area contributed by atoms with E-state index in [4.69, 9.17) is 4.42 Å². The fraction of sp³-hybridized carbons (Fsp3) is 0.400. The van der Waals surface area contributed by atoms with Crippen molar-refractivity contribution in [2.75, 3.05) is 13.1 Å². The van der Waals surface area contributed by atoms with E-state index in [0.29, 0.717) is 18.1 Å². The van der Waals surface area contributed by atoms with Crippen LogP contribution in [0.15, 0.2) is 47.5 Å². The highest BCUT2D eigenvalue weighted by Gasteiger charge is 2.22. The normalized spacial score (nSPS) is 16.0. The third-order valence-electron chi connectivity index (χ3n) is 5.14. The average molecular weight is 380 g/mol. The molecule has 3 aromatic heterocycles. The predicted molar refractivity (Wildman–Crippen MR) is 103 cm³/mol. The van der Waals surface area contributed by atoms with E-state index in [9.17, 15) is 4.79 Å². The summed E-state index contributed by atoms with van der Waals surface area (Å²) in [6.07, 6.45) is 8.44. The van der Waals surface area contributed by atoms with Crippen molar-refractivity contribution in [3.8, 4) is 5.82 Å². The Bertz CT molecular complexity index is 914. The van der Waals surface area contributed by atoms with Crippen LogP contribution in [0.1, 0.15) is 54.1 Å². The lowest BCUT2D eigenvalue weighted by Crippen LogP contribution is -2.32. The Balaban J connectivity index is 1.41. The smallest absolute Gasteiger partial charge is 0.287 e. The van der Waals surface area contributed by atoms with Crippen molar-refractivity contribution in [2.24, 2.45) is 0 Å². The molecule has 1 N–H and O–H groups in total. The minimum absolute atomic E-state index is 0.180. The molecular formula is C20H24N6O2. The number of nitrogens with one attached hydrogen (secondary N) is 1. The van der Waals surface area contributed by atoms with Gasteiger partial charge in [-0.3, -0.25) is 9.69 Å². The maximum Gasteiger partial charge on any atom is 0.287 e. The summed E-state index contributed by atoms with van der Waals surface area (Å²) >= 11 is 0. The fourth-order valence-electron chi connectivity index (χ4n) is 3.54. The molecule has 1 aliphatic heterocycles. The summed E-state index contributed by atoms with van der Waals surface area (Å²) in [5, 5.41) is 7.01. The standard InChI is InChI=1S/C20H24N6O2/c1-15(25-10-3-2-4-11-25)17-7-8-18(28-17)20(27)23-12-16-6-5-9-22-19(16)26-14-21-13-24-26/h5-9,13-15H,2-4,10-12H2,1H3,(H,23,27). The van der Waals surface area contributed by atoms with E-state index in [0.717, 1.165) is 24.4 Å². The fourth-order valence-corrected chi connectivity index (χ4v) is 3.54. The second-order valence-electron chi connectivity index (χ2n) is 6.98. The summed E-state index contributed by atoms with van der Waals surface area (Å²) in [5.41, 5.74) is 0.842. The van der Waals surface area contributed by atoms with Crippen LogP contribution in [-0.2, 0) is 6.54 Å². The first-order valence-electron chi connectivity index (χ1n) is 9.63. The van der Waals surface area contributed by atoms with Crippen molar-refractivity contribution in [1.82, 2.24) is 30.0 Å². The molecule has 1 saturated heterocycles. The molecule has 1 unspecified atom stereocenters. The summed E-state index contributed by atoms with van der Waals surface area (Å²) in [6.45, 7) is 4.61. The molecule has 4 rings (SSSR count). The molecule has 1 amide bonds. The van der Waals surface area contributed by atoms with Crippen LogP contribution in [0.4, 0.5) is 0 Å². The van der Waals surface area contributed by atoms with E-state index >= 15 is 0 Å². The minimum Gasteiger partial charge on any atom is -0.454 e. The molecule has 8 nitrogen and oxygen atoms in total. The molecule has 0 spiro atoms. The lowest BCUT2D eigenvalue weighted by molar-refractivity contribution is 0.0914. The predicted octanol–water partition coefficient (Wildman–Crippen LogP) is 2.73. The quantitative estimate of drug-likeness (QED) is 0.707. The van der Waals surface area contributed by atoms with Crippen molar-refractivity contribution in [3.05, 3.63) is 60.2 Å². The van der Waals surface area contributed by atoms with Gasteiger partial charge in [0.15, 0.2) is 11.6 Å². The average Bonchev–Trinajstić information content (AvgIpc) is 3.44. The van der Waals surface area contributed by atoms with Crippen molar-refractivity contribution in [2.45, 2.75) is 38.8 Å². The van der Waals surface area contributed by atoms with E-state index in [1.807, 2.05) is 18.2 Å². The van der Waals surface area contributed by atoms with Crippen molar-refractivity contribution in [3.63, 3.8) is 0 Å². The molecule has 1 aliphatic rings. The van der Waals surface area contributed by atoms with Crippen LogP contribution in [0, 0.1) is 0 Å². The zero-order valence-electron chi connectivity index (χ0n) is 15.9. The highest BCUT2D eigenvalue weighted by atomic mass is 16.4.